The largest absolute Gasteiger partial charge is 0.508 e. The number of aliphatic hydroxyl groups is 2. The molecule has 5 aromatic rings. The van der Waals surface area contributed by atoms with Crippen molar-refractivity contribution < 1.29 is 82.8 Å². The Morgan fingerprint density at radius 1 is 0.348 bits per heavy atom. The summed E-state index contributed by atoms with van der Waals surface area (Å²) in [5, 5.41) is 72.1. The molecule has 14 atom stereocenters. The Kier molecular flexibility index (Phi) is 39.6. The third-order valence-electron chi connectivity index (χ3n) is 19.0. The summed E-state index contributed by atoms with van der Waals surface area (Å²) in [7, 11) is 0. The minimum Gasteiger partial charge on any atom is -0.508 e. The molecule has 22 N–H and O–H groups in total. The summed E-state index contributed by atoms with van der Waals surface area (Å²) in [6.45, 7) is 6.14. The van der Waals surface area contributed by atoms with Crippen molar-refractivity contribution >= 4 is 76.9 Å². The van der Waals surface area contributed by atoms with E-state index < -0.39 is 175 Å². The summed E-state index contributed by atoms with van der Waals surface area (Å²) in [6.07, 6.45) is 1.97. The molecule has 0 aromatic heterocycles. The van der Waals surface area contributed by atoms with Gasteiger partial charge in [-0.05, 0) is 110 Å². The summed E-state index contributed by atoms with van der Waals surface area (Å²) in [5.41, 5.74) is 20.3. The van der Waals surface area contributed by atoms with E-state index >= 15 is 0 Å². The molecule has 0 unspecified atom stereocenters. The quantitative estimate of drug-likeness (QED) is 0.0210. The summed E-state index contributed by atoms with van der Waals surface area (Å²) in [6, 6.07) is 22.8. The van der Waals surface area contributed by atoms with Crippen molar-refractivity contribution in [3.63, 3.8) is 0 Å². The number of hydrogen-bond acceptors (Lipinski definition) is 19. The lowest BCUT2D eigenvalue weighted by molar-refractivity contribution is -0.142. The fourth-order valence-electron chi connectivity index (χ4n) is 11.8. The fraction of sp³-hybridized carbons (Fsp3) is 0.463. The number of unbranched alkanes of at least 4 members (excludes halogenated alkanes) is 2. The van der Waals surface area contributed by atoms with E-state index in [1.54, 1.807) is 135 Å². The first-order valence-corrected chi connectivity index (χ1v) is 37.8. The smallest absolute Gasteiger partial charge is 0.326 e. The normalized spacial score (nSPS) is 14.8. The molecule has 5 rings (SSSR count). The number of rotatable bonds is 49. The number of nitrogens with two attached hydrogens (primary N) is 3. The Morgan fingerprint density at radius 3 is 1.06 bits per heavy atom. The number of carboxylic acid groups (broad SMARTS) is 1. The van der Waals surface area contributed by atoms with Gasteiger partial charge in [-0.2, -0.15) is 0 Å². The van der Waals surface area contributed by atoms with E-state index in [1.165, 1.54) is 31.2 Å². The van der Waals surface area contributed by atoms with Crippen molar-refractivity contribution in [2.45, 2.75) is 191 Å². The average molecular weight is 1550 g/mol. The molecule has 0 aliphatic heterocycles. The molecule has 0 radical (unpaired) electrons. The van der Waals surface area contributed by atoms with Crippen LogP contribution in [0.3, 0.4) is 0 Å². The van der Waals surface area contributed by atoms with Gasteiger partial charge in [-0.25, -0.2) is 4.79 Å². The Bertz CT molecular complexity index is 3850. The van der Waals surface area contributed by atoms with Crippen LogP contribution in [0.2, 0.25) is 0 Å². The van der Waals surface area contributed by atoms with E-state index in [9.17, 15) is 82.8 Å². The van der Waals surface area contributed by atoms with Gasteiger partial charge in [0.25, 0.3) is 0 Å². The van der Waals surface area contributed by atoms with E-state index in [2.05, 4.69) is 63.8 Å². The van der Waals surface area contributed by atoms with Crippen molar-refractivity contribution in [3.05, 3.63) is 173 Å². The molecule has 112 heavy (non-hydrogen) atoms. The molecular formula is C80H111N15O17. The summed E-state index contributed by atoms with van der Waals surface area (Å²) >= 11 is 0. The highest BCUT2D eigenvalue weighted by molar-refractivity contribution is 6.00. The van der Waals surface area contributed by atoms with Crippen LogP contribution < -0.4 is 81.0 Å². The summed E-state index contributed by atoms with van der Waals surface area (Å²) < 4.78 is 0. The second-order valence-corrected chi connectivity index (χ2v) is 27.7. The highest BCUT2D eigenvalue weighted by Crippen LogP contribution is 2.17. The Labute approximate surface area is 652 Å². The van der Waals surface area contributed by atoms with Gasteiger partial charge in [-0.1, -0.05) is 174 Å². The third-order valence-corrected chi connectivity index (χ3v) is 19.0. The molecule has 32 heteroatoms. The van der Waals surface area contributed by atoms with Gasteiger partial charge >= 0.3 is 5.97 Å². The lowest BCUT2D eigenvalue weighted by Gasteiger charge is -2.29. The van der Waals surface area contributed by atoms with Gasteiger partial charge in [0, 0.05) is 32.1 Å². The van der Waals surface area contributed by atoms with Crippen LogP contribution >= 0.6 is 0 Å². The highest BCUT2D eigenvalue weighted by Gasteiger charge is 2.37. The lowest BCUT2D eigenvalue weighted by atomic mass is 9.96. The number of amides is 12. The van der Waals surface area contributed by atoms with E-state index in [-0.39, 0.29) is 63.2 Å². The van der Waals surface area contributed by atoms with Gasteiger partial charge in [0.1, 0.15) is 72.2 Å². The Hall–Kier alpha value is -11.2. The number of aliphatic carboxylic acids is 1. The zero-order chi connectivity index (χ0) is 82.2. The molecule has 0 bridgehead atoms. The molecule has 5 aromatic carbocycles. The van der Waals surface area contributed by atoms with Crippen molar-refractivity contribution in [3.8, 4) is 5.75 Å². The van der Waals surface area contributed by atoms with E-state index in [0.717, 1.165) is 5.56 Å². The SMILES string of the molecule is CC[C@H](C)[C@H](N)C(=O)N[C@@H](Cc1ccccc1)C(=O)N[C@H](C(=O)N[C@@H](C)C(=O)N[C@@H](Cc1ccccc1)C(=O)N[C@@H](Cc1ccccc1)C(=O)N[C@@H](CO)C(=O)N[C@@H](Cc1ccc(O)cc1)C(=O)NCC(=O)N[C@@H](CO)C(=O)N[C@@H](Cc1ccccc1)C(=O)N[C@@H](CCCCN)C(=O)N[C@@H](CCCCN)C(=O)O)[C@@H](C)CC. The molecule has 0 saturated carbocycles. The van der Waals surface area contributed by atoms with Gasteiger partial charge in [-0.3, -0.25) is 57.5 Å². The Morgan fingerprint density at radius 2 is 0.670 bits per heavy atom. The first-order valence-electron chi connectivity index (χ1n) is 37.8. The zero-order valence-electron chi connectivity index (χ0n) is 64.0. The molecular weight excluding hydrogens is 1440 g/mol. The molecule has 0 fully saturated rings. The number of benzene rings is 5. The number of phenols is 1. The van der Waals surface area contributed by atoms with E-state index in [0.29, 0.717) is 67.3 Å². The predicted molar refractivity (Wildman–Crippen MR) is 417 cm³/mol. The van der Waals surface area contributed by atoms with Crippen LogP contribution in [-0.4, -0.2) is 203 Å². The first kappa shape index (κ1) is 91.4. The fourth-order valence-corrected chi connectivity index (χ4v) is 11.8. The summed E-state index contributed by atoms with van der Waals surface area (Å²) in [5.74, 6) is -12.9. The first-order chi connectivity index (χ1) is 53.6. The predicted octanol–water partition coefficient (Wildman–Crippen LogP) is -0.879. The molecule has 0 aliphatic carbocycles. The number of carboxylic acids is 1. The highest BCUT2D eigenvalue weighted by atomic mass is 16.4. The topological polar surface area (TPSA) is 525 Å². The van der Waals surface area contributed by atoms with Crippen LogP contribution in [-0.2, 0) is 94.4 Å². The maximum atomic E-state index is 14.8. The molecule has 12 amide bonds. The second-order valence-electron chi connectivity index (χ2n) is 27.7. The van der Waals surface area contributed by atoms with Crippen LogP contribution in [0.4, 0.5) is 0 Å². The van der Waals surface area contributed by atoms with Gasteiger partial charge in [-0.15, -0.1) is 0 Å². The second kappa shape index (κ2) is 48.5. The maximum absolute atomic E-state index is 14.8. The number of phenolic OH excluding ortho intramolecular Hbond substituents is 1. The van der Waals surface area contributed by atoms with Gasteiger partial charge in [0.15, 0.2) is 0 Å². The van der Waals surface area contributed by atoms with Gasteiger partial charge in [0.2, 0.25) is 70.9 Å². The molecule has 0 saturated heterocycles. The zero-order valence-corrected chi connectivity index (χ0v) is 64.0. The van der Waals surface area contributed by atoms with Crippen LogP contribution in [0.25, 0.3) is 0 Å². The maximum Gasteiger partial charge on any atom is 0.326 e. The van der Waals surface area contributed by atoms with Crippen LogP contribution in [0.15, 0.2) is 146 Å². The van der Waals surface area contributed by atoms with Crippen molar-refractivity contribution in [2.75, 3.05) is 32.8 Å². The number of carbonyl (C=O) groups excluding carboxylic acids is 12. The standard InChI is InChI=1S/C80H111N15O17/c1-6-48(3)67(83)78(109)93-63(43-54-30-18-11-19-31-54)75(106)95-68(49(4)7-2)79(110)85-50(5)69(100)89-60(40-51-24-12-8-13-25-51)73(104)91-62(42-53-28-16-10-17-29-53)74(105)94-65(47-97)77(108)90-59(44-55-34-36-56(98)37-35-55)70(101)84-45-66(99)86-64(46-96)76(107)92-61(41-52-26-14-9-15-27-52)72(103)87-57(32-20-22-38-81)71(102)88-58(80(111)112)33-21-23-39-82/h8-19,24-31,34-37,48-50,57-65,67-68,96-98H,6-7,20-23,32-33,38-47,81-83H2,1-5H3,(H,84,101)(H,85,110)(H,86,99)(H,87,103)(H,88,102)(H,89,100)(H,90,108)(H,91,104)(H,92,107)(H,93,109)(H,94,105)(H,95,106)(H,111,112)/t48-,49-,50-,57-,58-,59-,60-,61-,62-,63-,64-,65-,67-,68-/m0/s1. The Balaban J connectivity index is 1.32. The van der Waals surface area contributed by atoms with Crippen molar-refractivity contribution in [1.82, 2.24) is 63.8 Å². The number of aromatic hydroxyl groups is 1. The van der Waals surface area contributed by atoms with E-state index in [4.69, 9.17) is 17.2 Å². The summed E-state index contributed by atoms with van der Waals surface area (Å²) in [4.78, 5) is 182. The average Bonchev–Trinajstić information content (AvgIpc) is 0.863. The minimum absolute atomic E-state index is 0.0356. The number of aliphatic hydroxyl groups excluding tert-OH is 2. The number of carbonyl (C=O) groups is 13. The van der Waals surface area contributed by atoms with Gasteiger partial charge in [0.05, 0.1) is 25.8 Å². The molecule has 32 nitrogen and oxygen atoms in total. The molecule has 0 spiro atoms. The molecule has 608 valence electrons. The van der Waals surface area contributed by atoms with E-state index in [1.807, 2.05) is 13.8 Å². The van der Waals surface area contributed by atoms with Crippen LogP contribution in [0.5, 0.6) is 5.75 Å². The van der Waals surface area contributed by atoms with Crippen molar-refractivity contribution in [2.24, 2.45) is 29.0 Å². The van der Waals surface area contributed by atoms with Crippen LogP contribution in [0, 0.1) is 11.8 Å². The van der Waals surface area contributed by atoms with Gasteiger partial charge < -0.3 is 101 Å². The molecule has 0 aliphatic rings. The molecule has 0 heterocycles. The third kappa shape index (κ3) is 31.3. The number of nitrogens with one attached hydrogen (secondary N) is 12. The lowest BCUT2D eigenvalue weighted by Crippen LogP contribution is -2.61. The number of hydrogen-bond donors (Lipinski definition) is 19. The monoisotopic (exact) mass is 1550 g/mol. The van der Waals surface area contributed by atoms with Crippen molar-refractivity contribution in [1.29, 1.82) is 0 Å². The van der Waals surface area contributed by atoms with Crippen LogP contribution in [0.1, 0.15) is 114 Å². The minimum atomic E-state index is -1.84.